The van der Waals surface area contributed by atoms with Crippen LogP contribution in [0.5, 0.6) is 0 Å². The van der Waals surface area contributed by atoms with Crippen molar-refractivity contribution >= 4 is 17.5 Å². The summed E-state index contributed by atoms with van der Waals surface area (Å²) in [7, 11) is 0. The lowest BCUT2D eigenvalue weighted by Crippen LogP contribution is -1.08. The third-order valence-electron chi connectivity index (χ3n) is 0. The molecule has 0 radical (unpaired) electrons. The molecule has 1 nitrogen and oxygen atoms in total. The number of allylic oxidation sites excluding steroid dienone is 1. The zero-order valence-electron chi connectivity index (χ0n) is 3.60. The molecule has 0 aliphatic rings. The molecule has 0 bridgehead atoms. The molecule has 0 saturated heterocycles. The van der Waals surface area contributed by atoms with E-state index >= 15 is 0 Å². The lowest BCUT2D eigenvalue weighted by Gasteiger charge is -1.31. The molecule has 0 heterocycles. The summed E-state index contributed by atoms with van der Waals surface area (Å²) in [6.45, 7) is 5.25. The van der Waals surface area contributed by atoms with Crippen molar-refractivity contribution in [2.75, 3.05) is 0 Å². The highest BCUT2D eigenvalue weighted by Crippen LogP contribution is 1.38. The predicted octanol–water partition coefficient (Wildman–Crippen LogP) is 1.44. The van der Waals surface area contributed by atoms with E-state index in [0.717, 1.165) is 5.23 Å². The first-order valence-corrected chi connectivity index (χ1v) is 1.80. The lowest BCUT2D eigenvalue weighted by molar-refractivity contribution is 0.572. The van der Waals surface area contributed by atoms with Crippen LogP contribution in [0.1, 0.15) is 6.92 Å². The van der Waals surface area contributed by atoms with E-state index in [0.29, 0.717) is 0 Å². The van der Waals surface area contributed by atoms with Crippen molar-refractivity contribution in [1.82, 2.24) is 0 Å². The van der Waals surface area contributed by atoms with E-state index in [2.05, 4.69) is 18.8 Å². The molecular formula is C4H6OS. The van der Waals surface area contributed by atoms with Gasteiger partial charge < -0.3 is 0 Å². The van der Waals surface area contributed by atoms with Crippen LogP contribution < -0.4 is 0 Å². The molecule has 6 heavy (non-hydrogen) atoms. The molecule has 0 atom stereocenters. The van der Waals surface area contributed by atoms with Crippen LogP contribution in [0.2, 0.25) is 0 Å². The Bertz CT molecular complexity index is 52.6. The van der Waals surface area contributed by atoms with E-state index in [-0.39, 0.29) is 0 Å². The van der Waals surface area contributed by atoms with Crippen LogP contribution in [0.3, 0.4) is 0 Å². The van der Waals surface area contributed by atoms with Gasteiger partial charge in [0.15, 0.2) is 0 Å². The topological polar surface area (TPSA) is 17.1 Å². The molecule has 0 aliphatic carbocycles. The van der Waals surface area contributed by atoms with Crippen LogP contribution in [0.4, 0.5) is 0 Å². The van der Waals surface area contributed by atoms with E-state index in [1.807, 2.05) is 6.92 Å². The SMILES string of the molecule is C=CC.O=C=S. The second-order valence-electron chi connectivity index (χ2n) is 0.492. The van der Waals surface area contributed by atoms with E-state index < -0.39 is 0 Å². The Kier molecular flexibility index (Phi) is 36.4. The molecule has 0 rings (SSSR count). The summed E-state index contributed by atoms with van der Waals surface area (Å²) in [6, 6.07) is 0. The van der Waals surface area contributed by atoms with E-state index in [9.17, 15) is 0 Å². The largest absolute Gasteiger partial charge is 0.220 e. The van der Waals surface area contributed by atoms with Gasteiger partial charge in [0.05, 0.1) is 0 Å². The maximum atomic E-state index is 8.50. The monoisotopic (exact) mass is 102 g/mol. The van der Waals surface area contributed by atoms with Gasteiger partial charge in [0, 0.05) is 12.2 Å². The van der Waals surface area contributed by atoms with E-state index in [1.54, 1.807) is 6.08 Å². The van der Waals surface area contributed by atoms with E-state index in [1.165, 1.54) is 0 Å². The Labute approximate surface area is 42.7 Å². The zero-order valence-corrected chi connectivity index (χ0v) is 4.42. The molecule has 0 saturated carbocycles. The van der Waals surface area contributed by atoms with Crippen molar-refractivity contribution in [3.05, 3.63) is 12.7 Å². The van der Waals surface area contributed by atoms with Crippen molar-refractivity contribution in [2.45, 2.75) is 6.92 Å². The predicted molar refractivity (Wildman–Crippen MR) is 29.2 cm³/mol. The van der Waals surface area contributed by atoms with Crippen LogP contribution in [0.25, 0.3) is 0 Å². The highest BCUT2D eigenvalue weighted by atomic mass is 32.1. The minimum absolute atomic E-state index is 1.08. The van der Waals surface area contributed by atoms with Crippen LogP contribution in [-0.4, -0.2) is 5.23 Å². The number of carbonyl (C=O) groups excluding carboxylic acids is 1. The molecule has 0 aliphatic heterocycles. The Balaban J connectivity index is 0. The van der Waals surface area contributed by atoms with Crippen LogP contribution in [-0.2, 0) is 4.79 Å². The Hall–Kier alpha value is -0.460. The summed E-state index contributed by atoms with van der Waals surface area (Å²) in [5.41, 5.74) is 0. The van der Waals surface area contributed by atoms with Gasteiger partial charge in [-0.25, -0.2) is 4.79 Å². The fourth-order valence-corrected chi connectivity index (χ4v) is 0. The Morgan fingerprint density at radius 1 is 2.00 bits per heavy atom. The summed E-state index contributed by atoms with van der Waals surface area (Å²) in [6.07, 6.45) is 1.75. The van der Waals surface area contributed by atoms with Gasteiger partial charge in [-0.2, -0.15) is 0 Å². The molecule has 0 spiro atoms. The fraction of sp³-hybridized carbons (Fsp3) is 0.250. The molecular weight excluding hydrogens is 96.1 g/mol. The smallest absolute Gasteiger partial charge is 0.202 e. The molecule has 0 aromatic carbocycles. The van der Waals surface area contributed by atoms with Gasteiger partial charge in [-0.1, -0.05) is 6.08 Å². The molecule has 0 N–H and O–H groups in total. The van der Waals surface area contributed by atoms with Gasteiger partial charge in [-0.3, -0.25) is 0 Å². The molecule has 0 unspecified atom stereocenters. The van der Waals surface area contributed by atoms with Crippen molar-refractivity contribution in [3.8, 4) is 0 Å². The first-order valence-electron chi connectivity index (χ1n) is 1.39. The normalized spacial score (nSPS) is 3.50. The van der Waals surface area contributed by atoms with Gasteiger partial charge in [0.25, 0.3) is 0 Å². The van der Waals surface area contributed by atoms with Gasteiger partial charge >= 0.3 is 0 Å². The third-order valence-corrected chi connectivity index (χ3v) is 0. The van der Waals surface area contributed by atoms with Crippen molar-refractivity contribution in [3.63, 3.8) is 0 Å². The summed E-state index contributed by atoms with van der Waals surface area (Å²) in [5, 5.41) is 1.08. The van der Waals surface area contributed by atoms with Crippen LogP contribution in [0, 0.1) is 0 Å². The molecule has 2 heteroatoms. The average Bonchev–Trinajstić information content (AvgIpc) is 1.39. The summed E-state index contributed by atoms with van der Waals surface area (Å²) >= 11 is 3.59. The van der Waals surface area contributed by atoms with Gasteiger partial charge in [0.1, 0.15) is 0 Å². The fourth-order valence-electron chi connectivity index (χ4n) is 0. The minimum Gasteiger partial charge on any atom is -0.220 e. The second kappa shape index (κ2) is 24.0. The molecule has 34 valence electrons. The standard InChI is InChI=1S/C3H6.COS/c1-3-2;2-1-3/h3H,1H2,2H3;. The lowest BCUT2D eigenvalue weighted by atomic mass is 10.8. The summed E-state index contributed by atoms with van der Waals surface area (Å²) in [5.74, 6) is 0. The number of hydrogen-bond acceptors (Lipinski definition) is 2. The molecule has 0 aromatic heterocycles. The first kappa shape index (κ1) is 9.11. The van der Waals surface area contributed by atoms with E-state index in [4.69, 9.17) is 4.79 Å². The van der Waals surface area contributed by atoms with Gasteiger partial charge in [0.2, 0.25) is 5.23 Å². The van der Waals surface area contributed by atoms with Crippen LogP contribution in [0.15, 0.2) is 12.7 Å². The van der Waals surface area contributed by atoms with Gasteiger partial charge in [-0.05, 0) is 6.92 Å². The number of thiocarbonyl (C=S) groups is 1. The highest BCUT2D eigenvalue weighted by Gasteiger charge is 1.15. The minimum atomic E-state index is 1.08. The third kappa shape index (κ3) is 108. The maximum Gasteiger partial charge on any atom is 0.202 e. The first-order chi connectivity index (χ1) is 2.83. The maximum absolute atomic E-state index is 8.50. The number of hydrogen-bond donors (Lipinski definition) is 0. The Morgan fingerprint density at radius 3 is 2.00 bits per heavy atom. The number of rotatable bonds is 0. The Morgan fingerprint density at radius 2 is 2.00 bits per heavy atom. The second-order valence-corrected chi connectivity index (χ2v) is 0.658. The van der Waals surface area contributed by atoms with Crippen molar-refractivity contribution in [1.29, 1.82) is 0 Å². The molecule has 0 aromatic rings. The van der Waals surface area contributed by atoms with Gasteiger partial charge in [-0.15, -0.1) is 6.58 Å². The molecule has 0 amide bonds. The summed E-state index contributed by atoms with van der Waals surface area (Å²) < 4.78 is 0. The molecule has 0 fully saturated rings. The van der Waals surface area contributed by atoms with Crippen molar-refractivity contribution < 1.29 is 4.79 Å². The van der Waals surface area contributed by atoms with Crippen molar-refractivity contribution in [2.24, 2.45) is 0 Å². The quantitative estimate of drug-likeness (QED) is 0.340. The summed E-state index contributed by atoms with van der Waals surface area (Å²) in [4.78, 5) is 8.50. The average molecular weight is 102 g/mol. The zero-order chi connectivity index (χ0) is 5.41. The van der Waals surface area contributed by atoms with Crippen LogP contribution >= 0.6 is 12.2 Å². The highest BCUT2D eigenvalue weighted by molar-refractivity contribution is 7.78.